The Balaban J connectivity index is 1.36. The number of hydrogen-bond acceptors (Lipinski definition) is 4. The predicted octanol–water partition coefficient (Wildman–Crippen LogP) is 3.60. The maximum atomic E-state index is 12.4. The fourth-order valence-electron chi connectivity index (χ4n) is 2.96. The van der Waals surface area contributed by atoms with Gasteiger partial charge < -0.3 is 5.32 Å². The van der Waals surface area contributed by atoms with Gasteiger partial charge in [-0.1, -0.05) is 36.4 Å². The van der Waals surface area contributed by atoms with Crippen molar-refractivity contribution < 1.29 is 13.2 Å². The Morgan fingerprint density at radius 1 is 0.871 bits per heavy atom. The molecule has 0 saturated heterocycles. The van der Waals surface area contributed by atoms with Crippen LogP contribution < -0.4 is 10.0 Å². The van der Waals surface area contributed by atoms with E-state index >= 15 is 0 Å². The molecule has 0 bridgehead atoms. The van der Waals surface area contributed by atoms with Crippen LogP contribution in [0.1, 0.15) is 15.9 Å². The Bertz CT molecular complexity index is 1270. The van der Waals surface area contributed by atoms with Crippen LogP contribution in [0.15, 0.2) is 102 Å². The summed E-state index contributed by atoms with van der Waals surface area (Å²) in [6.45, 7) is 0.327. The summed E-state index contributed by atoms with van der Waals surface area (Å²) >= 11 is 0. The largest absolute Gasteiger partial charge is 0.348 e. The van der Waals surface area contributed by atoms with E-state index in [-0.39, 0.29) is 10.8 Å². The maximum Gasteiger partial charge on any atom is 0.261 e. The van der Waals surface area contributed by atoms with Gasteiger partial charge in [-0.3, -0.25) is 9.52 Å². The molecule has 0 radical (unpaired) electrons. The van der Waals surface area contributed by atoms with Gasteiger partial charge in [-0.05, 0) is 48.5 Å². The Morgan fingerprint density at radius 3 is 2.19 bits per heavy atom. The summed E-state index contributed by atoms with van der Waals surface area (Å²) in [5.74, 6) is -0.259. The fraction of sp³-hybridized carbons (Fsp3) is 0.0435. The standard InChI is InChI=1S/C23H20N4O3S/c28-23(24-15-18-16-25-27(17-18)21-7-3-1-4-8-21)19-11-13-20(14-12-19)26-31(29,30)22-9-5-2-6-10-22/h1-14,16-17,26H,15H2,(H,24,28). The monoisotopic (exact) mass is 432 g/mol. The normalized spacial score (nSPS) is 11.1. The van der Waals surface area contributed by atoms with Gasteiger partial charge in [0.2, 0.25) is 0 Å². The van der Waals surface area contributed by atoms with E-state index in [1.165, 1.54) is 12.1 Å². The lowest BCUT2D eigenvalue weighted by Crippen LogP contribution is -2.22. The zero-order chi connectivity index (χ0) is 21.7. The van der Waals surface area contributed by atoms with Crippen LogP contribution in [0.25, 0.3) is 5.69 Å². The molecule has 0 saturated carbocycles. The van der Waals surface area contributed by atoms with Crippen molar-refractivity contribution >= 4 is 21.6 Å². The molecule has 0 atom stereocenters. The second-order valence-electron chi connectivity index (χ2n) is 6.81. The maximum absolute atomic E-state index is 12.4. The number of nitrogens with one attached hydrogen (secondary N) is 2. The van der Waals surface area contributed by atoms with Gasteiger partial charge in [-0.15, -0.1) is 0 Å². The number of rotatable bonds is 7. The lowest BCUT2D eigenvalue weighted by atomic mass is 10.2. The number of benzene rings is 3. The Hall–Kier alpha value is -3.91. The Labute approximate surface area is 180 Å². The molecule has 2 N–H and O–H groups in total. The number of anilines is 1. The summed E-state index contributed by atoms with van der Waals surface area (Å²) in [7, 11) is -3.67. The number of nitrogens with zero attached hydrogens (tertiary/aromatic N) is 2. The van der Waals surface area contributed by atoms with Gasteiger partial charge in [0.25, 0.3) is 15.9 Å². The van der Waals surface area contributed by atoms with E-state index in [4.69, 9.17) is 0 Å². The predicted molar refractivity (Wildman–Crippen MR) is 118 cm³/mol. The number of carbonyl (C=O) groups is 1. The van der Waals surface area contributed by atoms with Crippen molar-refractivity contribution in [2.45, 2.75) is 11.4 Å². The van der Waals surface area contributed by atoms with Gasteiger partial charge in [0.05, 0.1) is 16.8 Å². The second-order valence-corrected chi connectivity index (χ2v) is 8.49. The molecular formula is C23H20N4O3S. The van der Waals surface area contributed by atoms with Crippen molar-refractivity contribution in [2.24, 2.45) is 0 Å². The van der Waals surface area contributed by atoms with Crippen molar-refractivity contribution in [3.05, 3.63) is 108 Å². The molecule has 0 aliphatic carbocycles. The lowest BCUT2D eigenvalue weighted by Gasteiger charge is -2.09. The molecule has 7 nitrogen and oxygen atoms in total. The molecule has 0 aliphatic rings. The van der Waals surface area contributed by atoms with Crippen molar-refractivity contribution in [2.75, 3.05) is 4.72 Å². The lowest BCUT2D eigenvalue weighted by molar-refractivity contribution is 0.0951. The van der Waals surface area contributed by atoms with E-state index in [1.807, 2.05) is 36.5 Å². The van der Waals surface area contributed by atoms with Crippen molar-refractivity contribution in [3.8, 4) is 5.69 Å². The summed E-state index contributed by atoms with van der Waals surface area (Å²) in [6.07, 6.45) is 3.56. The van der Waals surface area contributed by atoms with Crippen molar-refractivity contribution in [1.82, 2.24) is 15.1 Å². The highest BCUT2D eigenvalue weighted by Gasteiger charge is 2.14. The first-order valence-electron chi connectivity index (χ1n) is 9.56. The smallest absolute Gasteiger partial charge is 0.261 e. The molecule has 1 heterocycles. The molecule has 156 valence electrons. The van der Waals surface area contributed by atoms with Gasteiger partial charge in [0.1, 0.15) is 0 Å². The molecule has 8 heteroatoms. The summed E-state index contributed by atoms with van der Waals surface area (Å²) in [5.41, 5.74) is 2.61. The van der Waals surface area contributed by atoms with E-state index in [0.29, 0.717) is 17.8 Å². The van der Waals surface area contributed by atoms with Crippen molar-refractivity contribution in [1.29, 1.82) is 0 Å². The van der Waals surface area contributed by atoms with Crippen LogP contribution in [0.2, 0.25) is 0 Å². The molecule has 0 spiro atoms. The van der Waals surface area contributed by atoms with E-state index < -0.39 is 10.0 Å². The number of amides is 1. The zero-order valence-corrected chi connectivity index (χ0v) is 17.3. The first-order valence-corrected chi connectivity index (χ1v) is 11.0. The summed E-state index contributed by atoms with van der Waals surface area (Å²) in [5, 5.41) is 7.15. The zero-order valence-electron chi connectivity index (χ0n) is 16.5. The van der Waals surface area contributed by atoms with E-state index in [1.54, 1.807) is 53.3 Å². The molecule has 3 aromatic carbocycles. The van der Waals surface area contributed by atoms with Gasteiger partial charge in [0, 0.05) is 29.6 Å². The minimum atomic E-state index is -3.67. The third-order valence-electron chi connectivity index (χ3n) is 4.56. The molecule has 31 heavy (non-hydrogen) atoms. The molecule has 0 aliphatic heterocycles. The Morgan fingerprint density at radius 2 is 1.52 bits per heavy atom. The first kappa shape index (κ1) is 20.4. The van der Waals surface area contributed by atoms with Crippen molar-refractivity contribution in [3.63, 3.8) is 0 Å². The van der Waals surface area contributed by atoms with Crippen LogP contribution in [-0.4, -0.2) is 24.1 Å². The molecule has 4 aromatic rings. The van der Waals surface area contributed by atoms with E-state index in [0.717, 1.165) is 11.3 Å². The molecule has 1 aromatic heterocycles. The number of hydrogen-bond donors (Lipinski definition) is 2. The quantitative estimate of drug-likeness (QED) is 0.467. The van der Waals surface area contributed by atoms with Crippen LogP contribution in [-0.2, 0) is 16.6 Å². The molecule has 0 unspecified atom stereocenters. The van der Waals surface area contributed by atoms with Crippen LogP contribution in [0.5, 0.6) is 0 Å². The Kier molecular flexibility index (Phi) is 5.81. The average Bonchev–Trinajstić information content (AvgIpc) is 3.28. The third-order valence-corrected chi connectivity index (χ3v) is 5.96. The minimum Gasteiger partial charge on any atom is -0.348 e. The molecule has 0 fully saturated rings. The van der Waals surface area contributed by atoms with Gasteiger partial charge >= 0.3 is 0 Å². The van der Waals surface area contributed by atoms with Gasteiger partial charge in [-0.2, -0.15) is 5.10 Å². The van der Waals surface area contributed by atoms with E-state index in [9.17, 15) is 13.2 Å². The highest BCUT2D eigenvalue weighted by molar-refractivity contribution is 7.92. The van der Waals surface area contributed by atoms with Crippen LogP contribution >= 0.6 is 0 Å². The number of para-hydroxylation sites is 1. The molecule has 4 rings (SSSR count). The van der Waals surface area contributed by atoms with Gasteiger partial charge in [0.15, 0.2) is 0 Å². The minimum absolute atomic E-state index is 0.174. The van der Waals surface area contributed by atoms with Crippen LogP contribution in [0.4, 0.5) is 5.69 Å². The summed E-state index contributed by atoms with van der Waals surface area (Å²) in [4.78, 5) is 12.6. The van der Waals surface area contributed by atoms with Gasteiger partial charge in [-0.25, -0.2) is 13.1 Å². The highest BCUT2D eigenvalue weighted by atomic mass is 32.2. The summed E-state index contributed by atoms with van der Waals surface area (Å²) < 4.78 is 29.0. The second kappa shape index (κ2) is 8.85. The first-order chi connectivity index (χ1) is 15.0. The van der Waals surface area contributed by atoms with Crippen LogP contribution in [0, 0.1) is 0 Å². The molecular weight excluding hydrogens is 412 g/mol. The summed E-state index contributed by atoms with van der Waals surface area (Å²) in [6, 6.07) is 24.1. The number of carbonyl (C=O) groups excluding carboxylic acids is 1. The SMILES string of the molecule is O=C(NCc1cnn(-c2ccccc2)c1)c1ccc(NS(=O)(=O)c2ccccc2)cc1. The number of sulfonamides is 1. The average molecular weight is 433 g/mol. The third kappa shape index (κ3) is 4.99. The van der Waals surface area contributed by atoms with Crippen LogP contribution in [0.3, 0.4) is 0 Å². The topological polar surface area (TPSA) is 93.1 Å². The van der Waals surface area contributed by atoms with E-state index in [2.05, 4.69) is 15.1 Å². The number of aromatic nitrogens is 2. The highest BCUT2D eigenvalue weighted by Crippen LogP contribution is 2.16. The fourth-order valence-corrected chi connectivity index (χ4v) is 4.04. The molecule has 1 amide bonds.